The predicted octanol–water partition coefficient (Wildman–Crippen LogP) is 1.91. The van der Waals surface area contributed by atoms with Gasteiger partial charge in [-0.3, -0.25) is 0 Å². The van der Waals surface area contributed by atoms with Gasteiger partial charge in [0.15, 0.2) is 5.60 Å². The number of hydrogen-bond donors (Lipinski definition) is 1. The maximum absolute atomic E-state index is 11.7. The number of hydrogen-bond acceptors (Lipinski definition) is 4. The molecule has 0 amide bonds. The summed E-state index contributed by atoms with van der Waals surface area (Å²) in [7, 11) is 0. The zero-order chi connectivity index (χ0) is 13.6. The third-order valence-electron chi connectivity index (χ3n) is 2.50. The van der Waals surface area contributed by atoms with Crippen LogP contribution in [0.15, 0.2) is 24.3 Å². The molecule has 0 unspecified atom stereocenters. The Kier molecular flexibility index (Phi) is 5.16. The first-order valence-electron chi connectivity index (χ1n) is 6.15. The molecule has 0 aromatic heterocycles. The van der Waals surface area contributed by atoms with Crippen LogP contribution in [-0.2, 0) is 16.0 Å². The van der Waals surface area contributed by atoms with Crippen LogP contribution in [0.25, 0.3) is 0 Å². The Bertz CT molecular complexity index is 385. The molecule has 4 nitrogen and oxygen atoms in total. The van der Waals surface area contributed by atoms with Gasteiger partial charge in [-0.1, -0.05) is 12.1 Å². The molecule has 0 fully saturated rings. The van der Waals surface area contributed by atoms with Gasteiger partial charge in [0.05, 0.1) is 6.61 Å². The summed E-state index contributed by atoms with van der Waals surface area (Å²) < 4.78 is 10.6. The largest absolute Gasteiger partial charge is 0.476 e. The average molecular weight is 251 g/mol. The smallest absolute Gasteiger partial charge is 0.349 e. The number of ether oxygens (including phenoxy) is 2. The van der Waals surface area contributed by atoms with E-state index in [2.05, 4.69) is 0 Å². The van der Waals surface area contributed by atoms with E-state index in [0.29, 0.717) is 18.9 Å². The topological polar surface area (TPSA) is 61.5 Å². The Balaban J connectivity index is 2.68. The standard InChI is InChI=1S/C14H21NO3/c1-4-17-13(16)14(2,3)18-12-7-5-11(6-8-12)9-10-15/h5-8H,4,9-10,15H2,1-3H3. The second-order valence-corrected chi connectivity index (χ2v) is 4.52. The zero-order valence-corrected chi connectivity index (χ0v) is 11.2. The normalized spacial score (nSPS) is 11.1. The Hall–Kier alpha value is -1.55. The summed E-state index contributed by atoms with van der Waals surface area (Å²) in [4.78, 5) is 11.7. The molecule has 0 atom stereocenters. The first kappa shape index (κ1) is 14.5. The highest BCUT2D eigenvalue weighted by Crippen LogP contribution is 2.20. The van der Waals surface area contributed by atoms with Crippen LogP contribution in [0.2, 0.25) is 0 Å². The van der Waals surface area contributed by atoms with E-state index in [1.165, 1.54) is 0 Å². The number of benzene rings is 1. The van der Waals surface area contributed by atoms with Gasteiger partial charge in [0, 0.05) is 0 Å². The first-order valence-corrected chi connectivity index (χ1v) is 6.15. The third-order valence-corrected chi connectivity index (χ3v) is 2.50. The molecule has 0 saturated heterocycles. The number of esters is 1. The van der Waals surface area contributed by atoms with Crippen LogP contribution in [0.1, 0.15) is 26.3 Å². The van der Waals surface area contributed by atoms with E-state index < -0.39 is 5.60 Å². The van der Waals surface area contributed by atoms with Gasteiger partial charge in [-0.25, -0.2) is 4.79 Å². The molecule has 0 radical (unpaired) electrons. The molecule has 0 spiro atoms. The number of nitrogens with two attached hydrogens (primary N) is 1. The van der Waals surface area contributed by atoms with Crippen molar-refractivity contribution in [2.75, 3.05) is 13.2 Å². The monoisotopic (exact) mass is 251 g/mol. The molecular formula is C14H21NO3. The molecule has 1 aromatic carbocycles. The van der Waals surface area contributed by atoms with Crippen molar-refractivity contribution in [1.82, 2.24) is 0 Å². The van der Waals surface area contributed by atoms with Crippen LogP contribution in [0, 0.1) is 0 Å². The van der Waals surface area contributed by atoms with Crippen LogP contribution in [0.3, 0.4) is 0 Å². The molecular weight excluding hydrogens is 230 g/mol. The molecule has 0 aliphatic heterocycles. The molecule has 100 valence electrons. The molecule has 0 aliphatic rings. The summed E-state index contributed by atoms with van der Waals surface area (Å²) in [5.74, 6) is 0.282. The highest BCUT2D eigenvalue weighted by atomic mass is 16.6. The van der Waals surface area contributed by atoms with Gasteiger partial charge in [0.25, 0.3) is 0 Å². The van der Waals surface area contributed by atoms with Crippen molar-refractivity contribution < 1.29 is 14.3 Å². The van der Waals surface area contributed by atoms with E-state index in [9.17, 15) is 4.79 Å². The van der Waals surface area contributed by atoms with Crippen molar-refractivity contribution >= 4 is 5.97 Å². The Morgan fingerprint density at radius 2 is 1.89 bits per heavy atom. The summed E-state index contributed by atoms with van der Waals surface area (Å²) in [5, 5.41) is 0. The fourth-order valence-corrected chi connectivity index (χ4v) is 1.53. The molecule has 1 rings (SSSR count). The van der Waals surface area contributed by atoms with Crippen molar-refractivity contribution in [1.29, 1.82) is 0 Å². The summed E-state index contributed by atoms with van der Waals surface area (Å²) in [6, 6.07) is 7.57. The van der Waals surface area contributed by atoms with Gasteiger partial charge in [-0.05, 0) is 51.4 Å². The fourth-order valence-electron chi connectivity index (χ4n) is 1.53. The van der Waals surface area contributed by atoms with E-state index in [1.807, 2.05) is 24.3 Å². The maximum atomic E-state index is 11.7. The van der Waals surface area contributed by atoms with E-state index >= 15 is 0 Å². The minimum absolute atomic E-state index is 0.348. The molecule has 0 heterocycles. The van der Waals surface area contributed by atoms with Gasteiger partial charge in [0.2, 0.25) is 0 Å². The maximum Gasteiger partial charge on any atom is 0.349 e. The third kappa shape index (κ3) is 4.04. The predicted molar refractivity (Wildman–Crippen MR) is 70.5 cm³/mol. The van der Waals surface area contributed by atoms with Crippen molar-refractivity contribution in [3.8, 4) is 5.75 Å². The van der Waals surface area contributed by atoms with E-state index in [-0.39, 0.29) is 5.97 Å². The second-order valence-electron chi connectivity index (χ2n) is 4.52. The number of rotatable bonds is 6. The summed E-state index contributed by atoms with van der Waals surface area (Å²) in [6.45, 7) is 6.13. The highest BCUT2D eigenvalue weighted by molar-refractivity contribution is 5.79. The molecule has 1 aromatic rings. The average Bonchev–Trinajstić information content (AvgIpc) is 2.32. The van der Waals surface area contributed by atoms with Crippen LogP contribution >= 0.6 is 0 Å². The van der Waals surface area contributed by atoms with Crippen LogP contribution < -0.4 is 10.5 Å². The van der Waals surface area contributed by atoms with Crippen LogP contribution in [0.4, 0.5) is 0 Å². The minimum Gasteiger partial charge on any atom is -0.476 e. The molecule has 4 heteroatoms. The van der Waals surface area contributed by atoms with Crippen LogP contribution in [-0.4, -0.2) is 24.7 Å². The van der Waals surface area contributed by atoms with Gasteiger partial charge < -0.3 is 15.2 Å². The molecule has 2 N–H and O–H groups in total. The molecule has 0 saturated carbocycles. The van der Waals surface area contributed by atoms with Gasteiger partial charge in [0.1, 0.15) is 5.75 Å². The Morgan fingerprint density at radius 3 is 2.39 bits per heavy atom. The molecule has 0 aliphatic carbocycles. The molecule has 0 bridgehead atoms. The van der Waals surface area contributed by atoms with Crippen molar-refractivity contribution in [3.63, 3.8) is 0 Å². The number of carbonyl (C=O) groups is 1. The van der Waals surface area contributed by atoms with Gasteiger partial charge in [-0.2, -0.15) is 0 Å². The highest BCUT2D eigenvalue weighted by Gasteiger charge is 2.31. The van der Waals surface area contributed by atoms with Crippen molar-refractivity contribution in [2.45, 2.75) is 32.8 Å². The lowest BCUT2D eigenvalue weighted by molar-refractivity contribution is -0.158. The fraction of sp³-hybridized carbons (Fsp3) is 0.500. The van der Waals surface area contributed by atoms with Crippen molar-refractivity contribution in [3.05, 3.63) is 29.8 Å². The van der Waals surface area contributed by atoms with E-state index in [0.717, 1.165) is 12.0 Å². The lowest BCUT2D eigenvalue weighted by Crippen LogP contribution is -2.39. The Labute approximate surface area is 108 Å². The first-order chi connectivity index (χ1) is 8.49. The minimum atomic E-state index is -0.981. The van der Waals surface area contributed by atoms with Gasteiger partial charge in [-0.15, -0.1) is 0 Å². The lowest BCUT2D eigenvalue weighted by Gasteiger charge is -2.24. The Morgan fingerprint density at radius 1 is 1.28 bits per heavy atom. The lowest BCUT2D eigenvalue weighted by atomic mass is 10.1. The number of carbonyl (C=O) groups excluding carboxylic acids is 1. The van der Waals surface area contributed by atoms with Gasteiger partial charge >= 0.3 is 5.97 Å². The SMILES string of the molecule is CCOC(=O)C(C)(C)Oc1ccc(CCN)cc1. The quantitative estimate of drug-likeness (QED) is 0.784. The summed E-state index contributed by atoms with van der Waals surface area (Å²) in [5.41, 5.74) is 5.65. The van der Waals surface area contributed by atoms with E-state index in [1.54, 1.807) is 20.8 Å². The summed E-state index contributed by atoms with van der Waals surface area (Å²) >= 11 is 0. The second kappa shape index (κ2) is 6.40. The summed E-state index contributed by atoms with van der Waals surface area (Å²) in [6.07, 6.45) is 0.835. The molecule has 18 heavy (non-hydrogen) atoms. The van der Waals surface area contributed by atoms with E-state index in [4.69, 9.17) is 15.2 Å². The van der Waals surface area contributed by atoms with Crippen LogP contribution in [0.5, 0.6) is 5.75 Å². The van der Waals surface area contributed by atoms with Crippen molar-refractivity contribution in [2.24, 2.45) is 5.73 Å². The zero-order valence-electron chi connectivity index (χ0n) is 11.2.